The van der Waals surface area contributed by atoms with Crippen molar-refractivity contribution in [3.8, 4) is 0 Å². The number of alkyl halides is 2. The number of nitrogens with zero attached hydrogens (tertiary/aromatic N) is 2. The third kappa shape index (κ3) is 2.39. The van der Waals surface area contributed by atoms with Gasteiger partial charge in [-0.05, 0) is 25.2 Å². The summed E-state index contributed by atoms with van der Waals surface area (Å²) in [6.07, 6.45) is 2.44. The molecule has 5 heteroatoms. The van der Waals surface area contributed by atoms with E-state index in [4.69, 9.17) is 5.84 Å². The van der Waals surface area contributed by atoms with Gasteiger partial charge in [-0.15, -0.1) is 0 Å². The van der Waals surface area contributed by atoms with E-state index in [-0.39, 0.29) is 18.9 Å². The van der Waals surface area contributed by atoms with Crippen LogP contribution in [0.2, 0.25) is 0 Å². The highest BCUT2D eigenvalue weighted by Crippen LogP contribution is 2.39. The minimum absolute atomic E-state index is 0.121. The van der Waals surface area contributed by atoms with Crippen LogP contribution in [0.4, 0.5) is 8.78 Å². The van der Waals surface area contributed by atoms with E-state index in [9.17, 15) is 8.78 Å². The van der Waals surface area contributed by atoms with E-state index >= 15 is 0 Å². The number of halogens is 2. The summed E-state index contributed by atoms with van der Waals surface area (Å²) in [6.45, 7) is 2.14. The van der Waals surface area contributed by atoms with Gasteiger partial charge in [0.15, 0.2) is 0 Å². The van der Waals surface area contributed by atoms with Crippen molar-refractivity contribution in [2.45, 2.75) is 51.0 Å². The van der Waals surface area contributed by atoms with E-state index in [0.717, 1.165) is 30.7 Å². The number of rotatable bonds is 1. The van der Waals surface area contributed by atoms with Gasteiger partial charge in [-0.2, -0.15) is 5.10 Å². The fourth-order valence-corrected chi connectivity index (χ4v) is 2.28. The molecule has 2 aliphatic rings. The molecule has 0 saturated heterocycles. The first-order valence-corrected chi connectivity index (χ1v) is 5.72. The summed E-state index contributed by atoms with van der Waals surface area (Å²) in [5, 5.41) is 3.73. The zero-order chi connectivity index (χ0) is 11.8. The molecule has 3 nitrogen and oxygen atoms in total. The summed E-state index contributed by atoms with van der Waals surface area (Å²) in [4.78, 5) is 4.35. The Hall–Kier alpha value is -1.00. The van der Waals surface area contributed by atoms with Crippen LogP contribution in [0.3, 0.4) is 0 Å². The molecule has 0 spiro atoms. The summed E-state index contributed by atoms with van der Waals surface area (Å²) in [5.74, 6) is 3.36. The molecule has 0 aromatic carbocycles. The van der Waals surface area contributed by atoms with Crippen LogP contribution < -0.4 is 5.84 Å². The minimum Gasteiger partial charge on any atom is -0.323 e. The summed E-state index contributed by atoms with van der Waals surface area (Å²) < 4.78 is 25.3. The standard InChI is InChI=1S/C11H17F2N3/c1-7-2-3-9(10(4-7)16-14)15-8-5-11(12,13)6-8/h7-8H,2-6,14H2,1H3. The molecular formula is C11H17F2N3. The van der Waals surface area contributed by atoms with Crippen molar-refractivity contribution < 1.29 is 8.78 Å². The maximum Gasteiger partial charge on any atom is 0.252 e. The zero-order valence-electron chi connectivity index (χ0n) is 9.42. The van der Waals surface area contributed by atoms with Gasteiger partial charge in [0.25, 0.3) is 5.92 Å². The Balaban J connectivity index is 2.01. The second-order valence-electron chi connectivity index (χ2n) is 4.92. The molecule has 0 amide bonds. The topological polar surface area (TPSA) is 50.7 Å². The molecule has 2 saturated carbocycles. The van der Waals surface area contributed by atoms with Gasteiger partial charge in [0.1, 0.15) is 0 Å². The smallest absolute Gasteiger partial charge is 0.252 e. The van der Waals surface area contributed by atoms with E-state index in [0.29, 0.717) is 5.92 Å². The number of hydrazone groups is 1. The lowest BCUT2D eigenvalue weighted by atomic mass is 9.85. The Morgan fingerprint density at radius 3 is 2.56 bits per heavy atom. The SMILES string of the molecule is CC1CCC(=NC2CC(F)(F)C2)C(=NN)C1. The van der Waals surface area contributed by atoms with Crippen LogP contribution in [0.1, 0.15) is 39.0 Å². The Bertz CT molecular complexity index is 328. The molecule has 1 unspecified atom stereocenters. The predicted octanol–water partition coefficient (Wildman–Crippen LogP) is 2.36. The van der Waals surface area contributed by atoms with Gasteiger partial charge >= 0.3 is 0 Å². The van der Waals surface area contributed by atoms with Gasteiger partial charge in [0.2, 0.25) is 0 Å². The third-order valence-corrected chi connectivity index (χ3v) is 3.31. The maximum absolute atomic E-state index is 12.7. The number of hydrogen-bond donors (Lipinski definition) is 1. The van der Waals surface area contributed by atoms with Crippen LogP contribution in [0.15, 0.2) is 10.1 Å². The lowest BCUT2D eigenvalue weighted by Crippen LogP contribution is -2.40. The summed E-state index contributed by atoms with van der Waals surface area (Å²) in [7, 11) is 0. The molecule has 0 aliphatic heterocycles. The number of hydrogen-bond acceptors (Lipinski definition) is 3. The van der Waals surface area contributed by atoms with Crippen LogP contribution in [0.25, 0.3) is 0 Å². The second-order valence-corrected chi connectivity index (χ2v) is 4.92. The van der Waals surface area contributed by atoms with Crippen LogP contribution in [0, 0.1) is 5.92 Å². The summed E-state index contributed by atoms with van der Waals surface area (Å²) >= 11 is 0. The predicted molar refractivity (Wildman–Crippen MR) is 60.0 cm³/mol. The first-order valence-electron chi connectivity index (χ1n) is 5.72. The van der Waals surface area contributed by atoms with E-state index in [2.05, 4.69) is 17.0 Å². The van der Waals surface area contributed by atoms with Crippen molar-refractivity contribution in [3.63, 3.8) is 0 Å². The quantitative estimate of drug-likeness (QED) is 0.544. The van der Waals surface area contributed by atoms with Crippen molar-refractivity contribution in [2.75, 3.05) is 0 Å². The third-order valence-electron chi connectivity index (χ3n) is 3.31. The van der Waals surface area contributed by atoms with Gasteiger partial charge in [-0.25, -0.2) is 8.78 Å². The van der Waals surface area contributed by atoms with Gasteiger partial charge in [0, 0.05) is 12.8 Å². The summed E-state index contributed by atoms with van der Waals surface area (Å²) in [5.41, 5.74) is 1.65. The van der Waals surface area contributed by atoms with E-state index < -0.39 is 5.92 Å². The Labute approximate surface area is 93.8 Å². The molecule has 2 N–H and O–H groups in total. The Morgan fingerprint density at radius 2 is 2.00 bits per heavy atom. The van der Waals surface area contributed by atoms with E-state index in [1.54, 1.807) is 0 Å². The van der Waals surface area contributed by atoms with Gasteiger partial charge < -0.3 is 5.84 Å². The first-order chi connectivity index (χ1) is 7.50. The highest BCUT2D eigenvalue weighted by molar-refractivity contribution is 6.42. The van der Waals surface area contributed by atoms with Crippen molar-refractivity contribution in [2.24, 2.45) is 21.9 Å². The van der Waals surface area contributed by atoms with Crippen molar-refractivity contribution in [1.29, 1.82) is 0 Å². The molecule has 1 atom stereocenters. The highest BCUT2D eigenvalue weighted by Gasteiger charge is 2.45. The lowest BCUT2D eigenvalue weighted by molar-refractivity contribution is -0.0834. The molecule has 0 aromatic rings. The van der Waals surface area contributed by atoms with E-state index in [1.165, 1.54) is 0 Å². The fraction of sp³-hybridized carbons (Fsp3) is 0.818. The number of nitrogens with two attached hydrogens (primary N) is 1. The molecule has 0 heterocycles. The van der Waals surface area contributed by atoms with Gasteiger partial charge in [-0.1, -0.05) is 6.92 Å². The largest absolute Gasteiger partial charge is 0.323 e. The van der Waals surface area contributed by atoms with Gasteiger partial charge in [-0.3, -0.25) is 4.99 Å². The van der Waals surface area contributed by atoms with Crippen LogP contribution in [-0.4, -0.2) is 23.4 Å². The molecule has 2 rings (SSSR count). The van der Waals surface area contributed by atoms with Crippen molar-refractivity contribution in [3.05, 3.63) is 0 Å². The second kappa shape index (κ2) is 4.11. The molecule has 0 aromatic heterocycles. The van der Waals surface area contributed by atoms with Crippen molar-refractivity contribution >= 4 is 11.4 Å². The fourth-order valence-electron chi connectivity index (χ4n) is 2.28. The molecule has 16 heavy (non-hydrogen) atoms. The average molecular weight is 229 g/mol. The molecule has 0 radical (unpaired) electrons. The Kier molecular flexibility index (Phi) is 2.95. The average Bonchev–Trinajstić information content (AvgIpc) is 2.18. The van der Waals surface area contributed by atoms with Crippen LogP contribution in [-0.2, 0) is 0 Å². The summed E-state index contributed by atoms with van der Waals surface area (Å²) in [6, 6.07) is -0.227. The normalized spacial score (nSPS) is 35.3. The highest BCUT2D eigenvalue weighted by atomic mass is 19.3. The van der Waals surface area contributed by atoms with Crippen LogP contribution in [0.5, 0.6) is 0 Å². The van der Waals surface area contributed by atoms with Crippen molar-refractivity contribution in [1.82, 2.24) is 0 Å². The zero-order valence-corrected chi connectivity index (χ0v) is 9.42. The monoisotopic (exact) mass is 229 g/mol. The van der Waals surface area contributed by atoms with Gasteiger partial charge in [0.05, 0.1) is 17.5 Å². The first kappa shape index (κ1) is 11.5. The number of aliphatic imine (C=N–C) groups is 1. The molecule has 2 aliphatic carbocycles. The molecule has 2 fully saturated rings. The van der Waals surface area contributed by atoms with Crippen LogP contribution >= 0.6 is 0 Å². The van der Waals surface area contributed by atoms with E-state index in [1.807, 2.05) is 0 Å². The molecular weight excluding hydrogens is 212 g/mol. The minimum atomic E-state index is -2.50. The lowest BCUT2D eigenvalue weighted by Gasteiger charge is -2.33. The molecule has 0 bridgehead atoms. The maximum atomic E-state index is 12.7. The Morgan fingerprint density at radius 1 is 1.31 bits per heavy atom. The molecule has 90 valence electrons.